The molecule has 38 heavy (non-hydrogen) atoms. The van der Waals surface area contributed by atoms with Crippen LogP contribution in [0.1, 0.15) is 54.9 Å². The zero-order valence-corrected chi connectivity index (χ0v) is 21.1. The molecule has 2 aromatic carbocycles. The van der Waals surface area contributed by atoms with Crippen LogP contribution in [-0.2, 0) is 6.61 Å². The van der Waals surface area contributed by atoms with Crippen molar-refractivity contribution in [3.8, 4) is 17.6 Å². The maximum absolute atomic E-state index is 14.0. The highest BCUT2D eigenvalue weighted by Crippen LogP contribution is 2.42. The number of hydrogen-bond acceptors (Lipinski definition) is 6. The molecule has 0 aliphatic carbocycles. The lowest BCUT2D eigenvalue weighted by atomic mass is 9.69. The van der Waals surface area contributed by atoms with Crippen molar-refractivity contribution in [2.24, 2.45) is 5.41 Å². The molecule has 202 valence electrons. The summed E-state index contributed by atoms with van der Waals surface area (Å²) in [6.45, 7) is 1.04. The molecule has 0 saturated carbocycles. The summed E-state index contributed by atoms with van der Waals surface area (Å²) in [5.41, 5.74) is 0.754. The van der Waals surface area contributed by atoms with Gasteiger partial charge < -0.3 is 25.4 Å². The van der Waals surface area contributed by atoms with Crippen LogP contribution >= 0.6 is 0 Å². The standard InChI is InChI=1S/C29H31F3N2O4/c1-38-21-5-6-24-22(15-21)27(19(17-35)16-34-24)25(36)7-8-29(9-11-33-12-10-29)26(37)4-2-3-18-13-20(30)14-23(31)28(18)32/h5-6,13-16,25-26,33,35-37H,4,7-12,17H2,1H3/t25-,26+/m1/s1. The van der Waals surface area contributed by atoms with Gasteiger partial charge in [0.25, 0.3) is 0 Å². The minimum atomic E-state index is -1.32. The molecule has 1 aliphatic heterocycles. The Labute approximate surface area is 219 Å². The summed E-state index contributed by atoms with van der Waals surface area (Å²) < 4.78 is 46.3. The Hall–Kier alpha value is -3.16. The lowest BCUT2D eigenvalue weighted by Crippen LogP contribution is -2.44. The van der Waals surface area contributed by atoms with Crippen molar-refractivity contribution >= 4 is 10.9 Å². The zero-order chi connectivity index (χ0) is 27.3. The second-order valence-electron chi connectivity index (χ2n) is 9.68. The maximum atomic E-state index is 14.0. The fraction of sp³-hybridized carbons (Fsp3) is 0.414. The second-order valence-corrected chi connectivity index (χ2v) is 9.68. The quantitative estimate of drug-likeness (QED) is 0.259. The van der Waals surface area contributed by atoms with Gasteiger partial charge >= 0.3 is 0 Å². The van der Waals surface area contributed by atoms with Crippen molar-refractivity contribution in [2.45, 2.75) is 50.9 Å². The van der Waals surface area contributed by atoms with E-state index in [4.69, 9.17) is 4.74 Å². The Kier molecular flexibility index (Phi) is 8.90. The van der Waals surface area contributed by atoms with E-state index in [1.54, 1.807) is 31.5 Å². The van der Waals surface area contributed by atoms with Crippen molar-refractivity contribution in [3.05, 3.63) is 70.7 Å². The van der Waals surface area contributed by atoms with Gasteiger partial charge in [-0.1, -0.05) is 11.8 Å². The van der Waals surface area contributed by atoms with E-state index >= 15 is 0 Å². The van der Waals surface area contributed by atoms with Gasteiger partial charge in [-0.25, -0.2) is 13.2 Å². The predicted octanol–water partition coefficient (Wildman–Crippen LogP) is 4.14. The molecule has 9 heteroatoms. The third-order valence-electron chi connectivity index (χ3n) is 7.44. The van der Waals surface area contributed by atoms with Gasteiger partial charge in [-0.05, 0) is 74.0 Å². The molecular weight excluding hydrogens is 497 g/mol. The van der Waals surface area contributed by atoms with Crippen LogP contribution in [0.25, 0.3) is 10.9 Å². The number of benzene rings is 2. The molecule has 2 heterocycles. The zero-order valence-electron chi connectivity index (χ0n) is 21.1. The summed E-state index contributed by atoms with van der Waals surface area (Å²) in [5, 5.41) is 36.4. The molecule has 1 saturated heterocycles. The number of ether oxygens (including phenoxy) is 1. The number of hydrogen-bond donors (Lipinski definition) is 4. The summed E-state index contributed by atoms with van der Waals surface area (Å²) in [6, 6.07) is 6.61. The monoisotopic (exact) mass is 528 g/mol. The highest BCUT2D eigenvalue weighted by atomic mass is 19.2. The van der Waals surface area contributed by atoms with Gasteiger partial charge in [-0.15, -0.1) is 0 Å². The van der Waals surface area contributed by atoms with Crippen LogP contribution in [0.2, 0.25) is 0 Å². The summed E-state index contributed by atoms with van der Waals surface area (Å²) >= 11 is 0. The predicted molar refractivity (Wildman–Crippen MR) is 137 cm³/mol. The number of aliphatic hydroxyl groups excluding tert-OH is 3. The number of aliphatic hydroxyl groups is 3. The summed E-state index contributed by atoms with van der Waals surface area (Å²) in [6.07, 6.45) is 1.70. The van der Waals surface area contributed by atoms with Gasteiger partial charge in [0.2, 0.25) is 0 Å². The molecule has 3 aromatic rings. The van der Waals surface area contributed by atoms with Gasteiger partial charge in [0.05, 0.1) is 37.0 Å². The number of rotatable bonds is 8. The number of halogens is 3. The molecule has 1 aliphatic rings. The van der Waals surface area contributed by atoms with E-state index in [9.17, 15) is 28.5 Å². The Morgan fingerprint density at radius 1 is 1.13 bits per heavy atom. The van der Waals surface area contributed by atoms with Gasteiger partial charge in [-0.3, -0.25) is 4.98 Å². The number of fused-ring (bicyclic) bond motifs is 1. The van der Waals surface area contributed by atoms with Crippen molar-refractivity contribution in [3.63, 3.8) is 0 Å². The van der Waals surface area contributed by atoms with E-state index in [0.29, 0.717) is 72.6 Å². The highest BCUT2D eigenvalue weighted by Gasteiger charge is 2.39. The van der Waals surface area contributed by atoms with E-state index in [2.05, 4.69) is 22.1 Å². The van der Waals surface area contributed by atoms with Crippen LogP contribution in [0, 0.1) is 34.7 Å². The number of pyridine rings is 1. The number of piperidine rings is 1. The van der Waals surface area contributed by atoms with Crippen LogP contribution in [-0.4, -0.2) is 46.6 Å². The first-order chi connectivity index (χ1) is 18.3. The number of nitrogens with one attached hydrogen (secondary N) is 1. The second kappa shape index (κ2) is 12.1. The summed E-state index contributed by atoms with van der Waals surface area (Å²) in [7, 11) is 1.55. The third kappa shape index (κ3) is 5.94. The first-order valence-electron chi connectivity index (χ1n) is 12.5. The SMILES string of the molecule is COc1ccc2ncc(CO)c([C@H](O)CCC3([C@@H](O)CC#Cc4cc(F)cc(F)c4F)CCNCC3)c2c1. The van der Waals surface area contributed by atoms with Crippen LogP contribution in [0.15, 0.2) is 36.5 Å². The first kappa shape index (κ1) is 27.9. The largest absolute Gasteiger partial charge is 0.497 e. The molecule has 4 N–H and O–H groups in total. The van der Waals surface area contributed by atoms with E-state index in [0.717, 1.165) is 6.07 Å². The maximum Gasteiger partial charge on any atom is 0.174 e. The van der Waals surface area contributed by atoms with Crippen LogP contribution < -0.4 is 10.1 Å². The fourth-order valence-corrected chi connectivity index (χ4v) is 5.23. The van der Waals surface area contributed by atoms with Crippen molar-refractivity contribution in [1.82, 2.24) is 10.3 Å². The summed E-state index contributed by atoms with van der Waals surface area (Å²) in [4.78, 5) is 4.37. The van der Waals surface area contributed by atoms with E-state index in [-0.39, 0.29) is 13.0 Å². The molecular formula is C29H31F3N2O4. The number of nitrogens with zero attached hydrogens (tertiary/aromatic N) is 1. The van der Waals surface area contributed by atoms with Crippen molar-refractivity contribution < 1.29 is 33.2 Å². The smallest absolute Gasteiger partial charge is 0.174 e. The number of methoxy groups -OCH3 is 1. The molecule has 0 amide bonds. The molecule has 1 aromatic heterocycles. The molecule has 0 spiro atoms. The average molecular weight is 529 g/mol. The molecule has 4 rings (SSSR count). The molecule has 0 radical (unpaired) electrons. The van der Waals surface area contributed by atoms with E-state index in [1.807, 2.05) is 0 Å². The van der Waals surface area contributed by atoms with Crippen LogP contribution in [0.5, 0.6) is 5.75 Å². The molecule has 6 nitrogen and oxygen atoms in total. The van der Waals surface area contributed by atoms with Gasteiger partial charge in [-0.2, -0.15) is 0 Å². The van der Waals surface area contributed by atoms with Gasteiger partial charge in [0.1, 0.15) is 11.6 Å². The first-order valence-corrected chi connectivity index (χ1v) is 12.5. The average Bonchev–Trinajstić information content (AvgIpc) is 2.93. The Morgan fingerprint density at radius 3 is 2.61 bits per heavy atom. The Morgan fingerprint density at radius 2 is 1.89 bits per heavy atom. The van der Waals surface area contributed by atoms with Gasteiger partial charge in [0.15, 0.2) is 11.6 Å². The molecule has 2 atom stereocenters. The lowest BCUT2D eigenvalue weighted by Gasteiger charge is -2.41. The van der Waals surface area contributed by atoms with E-state index < -0.39 is 40.6 Å². The Balaban J connectivity index is 1.55. The van der Waals surface area contributed by atoms with Crippen molar-refractivity contribution in [1.29, 1.82) is 0 Å². The summed E-state index contributed by atoms with van der Waals surface area (Å²) in [5.74, 6) is 2.25. The number of aromatic nitrogens is 1. The lowest BCUT2D eigenvalue weighted by molar-refractivity contribution is -0.0121. The minimum Gasteiger partial charge on any atom is -0.497 e. The van der Waals surface area contributed by atoms with E-state index in [1.165, 1.54) is 0 Å². The fourth-order valence-electron chi connectivity index (χ4n) is 5.23. The van der Waals surface area contributed by atoms with Crippen LogP contribution in [0.3, 0.4) is 0 Å². The normalized spacial score (nSPS) is 16.5. The molecule has 0 bridgehead atoms. The molecule has 1 fully saturated rings. The van der Waals surface area contributed by atoms with Gasteiger partial charge in [0, 0.05) is 29.6 Å². The molecule has 0 unspecified atom stereocenters. The topological polar surface area (TPSA) is 94.8 Å². The Bertz CT molecular complexity index is 1340. The third-order valence-corrected chi connectivity index (χ3v) is 7.44. The highest BCUT2D eigenvalue weighted by molar-refractivity contribution is 5.85. The van der Waals surface area contributed by atoms with Crippen molar-refractivity contribution in [2.75, 3.05) is 20.2 Å². The van der Waals surface area contributed by atoms with Crippen LogP contribution in [0.4, 0.5) is 13.2 Å². The minimum absolute atomic E-state index is 0.0229.